The summed E-state index contributed by atoms with van der Waals surface area (Å²) >= 11 is 0. The minimum Gasteiger partial charge on any atom is -0.444 e. The van der Waals surface area contributed by atoms with Gasteiger partial charge in [-0.3, -0.25) is 9.69 Å². The van der Waals surface area contributed by atoms with Crippen molar-refractivity contribution in [1.29, 1.82) is 0 Å². The van der Waals surface area contributed by atoms with Crippen LogP contribution in [0.1, 0.15) is 53.0 Å². The van der Waals surface area contributed by atoms with Crippen LogP contribution in [0.2, 0.25) is 0 Å². The second kappa shape index (κ2) is 5.88. The van der Waals surface area contributed by atoms with E-state index in [-0.39, 0.29) is 24.1 Å². The van der Waals surface area contributed by atoms with Crippen molar-refractivity contribution >= 4 is 23.4 Å². The quantitative estimate of drug-likeness (QED) is 0.821. The number of carbonyl (C=O) groups excluding carboxylic acids is 2. The summed E-state index contributed by atoms with van der Waals surface area (Å²) in [5.74, 6) is 0.0458. The lowest BCUT2D eigenvalue weighted by molar-refractivity contribution is -0.119. The molecule has 2 fully saturated rings. The number of carbonyl (C=O) groups is 2. The molecule has 146 valence electrons. The van der Waals surface area contributed by atoms with Crippen LogP contribution in [0.25, 0.3) is 0 Å². The zero-order valence-electron chi connectivity index (χ0n) is 16.8. The summed E-state index contributed by atoms with van der Waals surface area (Å²) in [5, 5.41) is 3.01. The van der Waals surface area contributed by atoms with Crippen LogP contribution in [0.4, 0.5) is 16.2 Å². The van der Waals surface area contributed by atoms with Crippen LogP contribution in [-0.2, 0) is 14.9 Å². The number of nitrogens with zero attached hydrogens (tertiary/aromatic N) is 2. The SMILES string of the molecule is CC(C)(C)OC(=O)N1C2CCC1CN(c1ccc3c(c1)NC(=O)C3(C)C)C2. The minimum absolute atomic E-state index is 0.0458. The zero-order chi connectivity index (χ0) is 19.6. The number of piperazine rings is 1. The Morgan fingerprint density at radius 3 is 2.41 bits per heavy atom. The normalized spacial score (nSPS) is 26.0. The van der Waals surface area contributed by atoms with E-state index < -0.39 is 11.0 Å². The Hall–Kier alpha value is -2.24. The summed E-state index contributed by atoms with van der Waals surface area (Å²) in [6, 6.07) is 6.59. The number of amides is 2. The maximum absolute atomic E-state index is 12.6. The molecular formula is C21H29N3O3. The molecule has 27 heavy (non-hydrogen) atoms. The molecule has 0 aromatic heterocycles. The average Bonchev–Trinajstić information content (AvgIpc) is 2.95. The van der Waals surface area contributed by atoms with Gasteiger partial charge in [-0.15, -0.1) is 0 Å². The summed E-state index contributed by atoms with van der Waals surface area (Å²) in [6.45, 7) is 11.2. The van der Waals surface area contributed by atoms with Crippen LogP contribution >= 0.6 is 0 Å². The molecule has 2 atom stereocenters. The first kappa shape index (κ1) is 18.1. The molecule has 2 saturated heterocycles. The molecule has 3 aliphatic rings. The lowest BCUT2D eigenvalue weighted by Crippen LogP contribution is -2.56. The Morgan fingerprint density at radius 2 is 1.81 bits per heavy atom. The van der Waals surface area contributed by atoms with Crippen LogP contribution in [0.3, 0.4) is 0 Å². The monoisotopic (exact) mass is 371 g/mol. The van der Waals surface area contributed by atoms with Gasteiger partial charge in [0.2, 0.25) is 5.91 Å². The van der Waals surface area contributed by atoms with Gasteiger partial charge in [0.05, 0.1) is 17.5 Å². The van der Waals surface area contributed by atoms with Gasteiger partial charge in [0.25, 0.3) is 0 Å². The number of fused-ring (bicyclic) bond motifs is 3. The molecule has 1 aromatic carbocycles. The van der Waals surface area contributed by atoms with Gasteiger partial charge in [0.15, 0.2) is 0 Å². The summed E-state index contributed by atoms with van der Waals surface area (Å²) < 4.78 is 5.62. The van der Waals surface area contributed by atoms with Crippen molar-refractivity contribution in [1.82, 2.24) is 4.90 Å². The molecule has 0 spiro atoms. The van der Waals surface area contributed by atoms with Gasteiger partial charge in [-0.25, -0.2) is 4.79 Å². The highest BCUT2D eigenvalue weighted by atomic mass is 16.6. The molecule has 0 radical (unpaired) electrons. The average molecular weight is 371 g/mol. The van der Waals surface area contributed by atoms with Crippen LogP contribution in [0, 0.1) is 0 Å². The second-order valence-corrected chi connectivity index (χ2v) is 9.49. The number of rotatable bonds is 1. The van der Waals surface area contributed by atoms with E-state index in [1.807, 2.05) is 39.5 Å². The number of ether oxygens (including phenoxy) is 1. The predicted molar refractivity (Wildman–Crippen MR) is 105 cm³/mol. The van der Waals surface area contributed by atoms with Crippen molar-refractivity contribution in [3.05, 3.63) is 23.8 Å². The van der Waals surface area contributed by atoms with Gasteiger partial charge in [0.1, 0.15) is 5.60 Å². The third-order valence-electron chi connectivity index (χ3n) is 5.94. The molecule has 0 aliphatic carbocycles. The number of hydrogen-bond donors (Lipinski definition) is 1. The van der Waals surface area contributed by atoms with Gasteiger partial charge in [-0.2, -0.15) is 0 Å². The van der Waals surface area contributed by atoms with E-state index in [0.717, 1.165) is 42.9 Å². The molecule has 3 heterocycles. The third kappa shape index (κ3) is 3.05. The highest BCUT2D eigenvalue weighted by molar-refractivity contribution is 6.06. The van der Waals surface area contributed by atoms with Gasteiger partial charge < -0.3 is 15.0 Å². The smallest absolute Gasteiger partial charge is 0.410 e. The van der Waals surface area contributed by atoms with Crippen molar-refractivity contribution in [3.63, 3.8) is 0 Å². The highest BCUT2D eigenvalue weighted by Gasteiger charge is 2.45. The molecule has 1 N–H and O–H groups in total. The maximum atomic E-state index is 12.6. The molecule has 2 bridgehead atoms. The molecule has 2 unspecified atom stereocenters. The molecule has 2 amide bonds. The number of anilines is 2. The lowest BCUT2D eigenvalue weighted by atomic mass is 9.86. The molecule has 3 aliphatic heterocycles. The fraction of sp³-hybridized carbons (Fsp3) is 0.619. The second-order valence-electron chi connectivity index (χ2n) is 9.49. The van der Waals surface area contributed by atoms with Crippen molar-refractivity contribution in [2.45, 2.75) is 70.6 Å². The molecule has 1 aromatic rings. The topological polar surface area (TPSA) is 61.9 Å². The van der Waals surface area contributed by atoms with E-state index in [1.165, 1.54) is 0 Å². The van der Waals surface area contributed by atoms with E-state index in [2.05, 4.69) is 28.4 Å². The van der Waals surface area contributed by atoms with Crippen molar-refractivity contribution in [2.24, 2.45) is 0 Å². The summed E-state index contributed by atoms with van der Waals surface area (Å²) in [6.07, 6.45) is 1.82. The van der Waals surface area contributed by atoms with E-state index >= 15 is 0 Å². The Bertz CT molecular complexity index is 782. The van der Waals surface area contributed by atoms with E-state index in [9.17, 15) is 9.59 Å². The fourth-order valence-electron chi connectivity index (χ4n) is 4.50. The number of hydrogen-bond acceptors (Lipinski definition) is 4. The van der Waals surface area contributed by atoms with E-state index in [1.54, 1.807) is 0 Å². The number of nitrogens with one attached hydrogen (secondary N) is 1. The maximum Gasteiger partial charge on any atom is 0.410 e. The Kier molecular flexibility index (Phi) is 3.95. The Morgan fingerprint density at radius 1 is 1.19 bits per heavy atom. The van der Waals surface area contributed by atoms with Crippen molar-refractivity contribution < 1.29 is 14.3 Å². The van der Waals surface area contributed by atoms with Crippen LogP contribution in [-0.4, -0.2) is 47.7 Å². The van der Waals surface area contributed by atoms with Crippen molar-refractivity contribution in [2.75, 3.05) is 23.3 Å². The molecule has 6 heteroatoms. The van der Waals surface area contributed by atoms with Gasteiger partial charge in [-0.1, -0.05) is 6.07 Å². The Balaban J connectivity index is 1.52. The summed E-state index contributed by atoms with van der Waals surface area (Å²) in [4.78, 5) is 29.1. The fourth-order valence-corrected chi connectivity index (χ4v) is 4.50. The lowest BCUT2D eigenvalue weighted by Gasteiger charge is -2.42. The third-order valence-corrected chi connectivity index (χ3v) is 5.94. The molecular weight excluding hydrogens is 342 g/mol. The molecule has 6 nitrogen and oxygen atoms in total. The van der Waals surface area contributed by atoms with Gasteiger partial charge >= 0.3 is 6.09 Å². The van der Waals surface area contributed by atoms with E-state index in [4.69, 9.17) is 4.74 Å². The first-order valence-corrected chi connectivity index (χ1v) is 9.78. The van der Waals surface area contributed by atoms with Crippen LogP contribution < -0.4 is 10.2 Å². The standard InChI is InChI=1S/C21H29N3O3/c1-20(2,3)27-19(26)24-14-6-7-15(24)12-23(11-14)13-8-9-16-17(10-13)22-18(25)21(16,4)5/h8-10,14-15H,6-7,11-12H2,1-5H3,(H,22,25). The number of benzene rings is 1. The summed E-state index contributed by atoms with van der Waals surface area (Å²) in [5.41, 5.74) is 2.10. The minimum atomic E-state index is -0.484. The van der Waals surface area contributed by atoms with Crippen LogP contribution in [0.15, 0.2) is 18.2 Å². The largest absolute Gasteiger partial charge is 0.444 e. The zero-order valence-corrected chi connectivity index (χ0v) is 16.8. The summed E-state index contributed by atoms with van der Waals surface area (Å²) in [7, 11) is 0. The van der Waals surface area contributed by atoms with Crippen molar-refractivity contribution in [3.8, 4) is 0 Å². The molecule has 4 rings (SSSR count). The van der Waals surface area contributed by atoms with Gasteiger partial charge in [-0.05, 0) is 65.2 Å². The first-order chi connectivity index (χ1) is 12.6. The van der Waals surface area contributed by atoms with Crippen LogP contribution in [0.5, 0.6) is 0 Å². The van der Waals surface area contributed by atoms with E-state index in [0.29, 0.717) is 0 Å². The van der Waals surface area contributed by atoms with Gasteiger partial charge in [0, 0.05) is 24.5 Å². The predicted octanol–water partition coefficient (Wildman–Crippen LogP) is 3.50. The highest BCUT2D eigenvalue weighted by Crippen LogP contribution is 2.41. The molecule has 0 saturated carbocycles. The Labute approximate surface area is 160 Å². The first-order valence-electron chi connectivity index (χ1n) is 9.78.